The van der Waals surface area contributed by atoms with Crippen molar-refractivity contribution in [2.24, 2.45) is 0 Å². The van der Waals surface area contributed by atoms with Crippen molar-refractivity contribution in [1.82, 2.24) is 4.98 Å². The molecule has 0 atom stereocenters. The van der Waals surface area contributed by atoms with Gasteiger partial charge in [0.05, 0.1) is 18.3 Å². The van der Waals surface area contributed by atoms with E-state index < -0.39 is 0 Å². The molecular weight excluding hydrogens is 219 g/mol. The number of amides is 1. The first-order valence-corrected chi connectivity index (χ1v) is 5.18. The Bertz CT molecular complexity index is 497. The molecule has 0 saturated carbocycles. The van der Waals surface area contributed by atoms with Crippen LogP contribution in [0.25, 0.3) is 0 Å². The SMILES string of the molecule is O=C(Cc1ccc(F)cc1)Nc1cccnc1. The number of halogens is 1. The third kappa shape index (κ3) is 3.38. The second-order valence-electron chi connectivity index (χ2n) is 3.59. The van der Waals surface area contributed by atoms with Gasteiger partial charge in [0.1, 0.15) is 5.82 Å². The van der Waals surface area contributed by atoms with Gasteiger partial charge in [-0.3, -0.25) is 9.78 Å². The average Bonchev–Trinajstić information content (AvgIpc) is 2.33. The molecule has 0 unspecified atom stereocenters. The van der Waals surface area contributed by atoms with Crippen LogP contribution in [0.15, 0.2) is 48.8 Å². The van der Waals surface area contributed by atoms with E-state index in [9.17, 15) is 9.18 Å². The fraction of sp³-hybridized carbons (Fsp3) is 0.0769. The van der Waals surface area contributed by atoms with Crippen molar-refractivity contribution < 1.29 is 9.18 Å². The van der Waals surface area contributed by atoms with Gasteiger partial charge in [0.25, 0.3) is 0 Å². The third-order valence-electron chi connectivity index (χ3n) is 2.22. The highest BCUT2D eigenvalue weighted by atomic mass is 19.1. The van der Waals surface area contributed by atoms with Gasteiger partial charge < -0.3 is 5.32 Å². The van der Waals surface area contributed by atoms with Crippen LogP contribution in [0.2, 0.25) is 0 Å². The maximum absolute atomic E-state index is 12.7. The summed E-state index contributed by atoms with van der Waals surface area (Å²) in [6, 6.07) is 9.37. The van der Waals surface area contributed by atoms with Crippen LogP contribution in [0.1, 0.15) is 5.56 Å². The molecule has 0 aliphatic carbocycles. The van der Waals surface area contributed by atoms with Crippen LogP contribution < -0.4 is 5.32 Å². The molecule has 0 spiro atoms. The summed E-state index contributed by atoms with van der Waals surface area (Å²) in [7, 11) is 0. The number of rotatable bonds is 3. The number of aromatic nitrogens is 1. The van der Waals surface area contributed by atoms with Gasteiger partial charge in [-0.2, -0.15) is 0 Å². The predicted molar refractivity (Wildman–Crippen MR) is 63.0 cm³/mol. The zero-order chi connectivity index (χ0) is 12.1. The molecule has 4 heteroatoms. The number of carbonyl (C=O) groups excluding carboxylic acids is 1. The minimum Gasteiger partial charge on any atom is -0.324 e. The number of hydrogen-bond donors (Lipinski definition) is 1. The molecule has 2 rings (SSSR count). The van der Waals surface area contributed by atoms with E-state index in [4.69, 9.17) is 0 Å². The predicted octanol–water partition coefficient (Wildman–Crippen LogP) is 2.40. The first-order valence-electron chi connectivity index (χ1n) is 5.18. The van der Waals surface area contributed by atoms with Gasteiger partial charge in [-0.1, -0.05) is 12.1 Å². The van der Waals surface area contributed by atoms with Gasteiger partial charge in [0, 0.05) is 6.20 Å². The summed E-state index contributed by atoms with van der Waals surface area (Å²) in [6.45, 7) is 0. The van der Waals surface area contributed by atoms with Crippen molar-refractivity contribution in [1.29, 1.82) is 0 Å². The quantitative estimate of drug-likeness (QED) is 0.879. The molecule has 1 amide bonds. The number of benzene rings is 1. The van der Waals surface area contributed by atoms with Crippen LogP contribution in [0.4, 0.5) is 10.1 Å². The van der Waals surface area contributed by atoms with E-state index in [1.54, 1.807) is 36.7 Å². The molecule has 0 aliphatic rings. The molecule has 1 aromatic carbocycles. The van der Waals surface area contributed by atoms with E-state index in [2.05, 4.69) is 10.3 Å². The van der Waals surface area contributed by atoms with Crippen LogP contribution in [-0.4, -0.2) is 10.9 Å². The smallest absolute Gasteiger partial charge is 0.228 e. The molecule has 0 aliphatic heterocycles. The van der Waals surface area contributed by atoms with Crippen LogP contribution in [0.3, 0.4) is 0 Å². The summed E-state index contributed by atoms with van der Waals surface area (Å²) >= 11 is 0. The summed E-state index contributed by atoms with van der Waals surface area (Å²) in [6.07, 6.45) is 3.42. The number of pyridine rings is 1. The lowest BCUT2D eigenvalue weighted by molar-refractivity contribution is -0.115. The fourth-order valence-corrected chi connectivity index (χ4v) is 1.43. The van der Waals surface area contributed by atoms with E-state index >= 15 is 0 Å². The molecule has 17 heavy (non-hydrogen) atoms. The Morgan fingerprint density at radius 3 is 2.65 bits per heavy atom. The number of nitrogens with one attached hydrogen (secondary N) is 1. The summed E-state index contributed by atoms with van der Waals surface area (Å²) in [5.41, 5.74) is 1.42. The Kier molecular flexibility index (Phi) is 3.45. The Morgan fingerprint density at radius 1 is 1.24 bits per heavy atom. The number of anilines is 1. The van der Waals surface area contributed by atoms with Gasteiger partial charge in [-0.25, -0.2) is 4.39 Å². The van der Waals surface area contributed by atoms with Gasteiger partial charge in [-0.05, 0) is 29.8 Å². The summed E-state index contributed by atoms with van der Waals surface area (Å²) in [5, 5.41) is 2.71. The highest BCUT2D eigenvalue weighted by Crippen LogP contribution is 2.07. The Hall–Kier alpha value is -2.23. The van der Waals surface area contributed by atoms with Crippen molar-refractivity contribution >= 4 is 11.6 Å². The molecule has 0 bridgehead atoms. The monoisotopic (exact) mass is 230 g/mol. The van der Waals surface area contributed by atoms with E-state index in [1.165, 1.54) is 12.1 Å². The molecule has 86 valence electrons. The Morgan fingerprint density at radius 2 is 2.00 bits per heavy atom. The number of carbonyl (C=O) groups is 1. The minimum atomic E-state index is -0.304. The average molecular weight is 230 g/mol. The summed E-state index contributed by atoms with van der Waals surface area (Å²) in [4.78, 5) is 15.5. The second kappa shape index (κ2) is 5.21. The van der Waals surface area contributed by atoms with E-state index in [0.717, 1.165) is 5.56 Å². The first kappa shape index (κ1) is 11.3. The zero-order valence-electron chi connectivity index (χ0n) is 9.06. The van der Waals surface area contributed by atoms with Crippen LogP contribution in [0.5, 0.6) is 0 Å². The molecule has 0 saturated heterocycles. The van der Waals surface area contributed by atoms with Gasteiger partial charge in [-0.15, -0.1) is 0 Å². The van der Waals surface area contributed by atoms with Crippen molar-refractivity contribution in [2.75, 3.05) is 5.32 Å². The molecule has 1 aromatic heterocycles. The maximum Gasteiger partial charge on any atom is 0.228 e. The molecule has 3 nitrogen and oxygen atoms in total. The Balaban J connectivity index is 1.96. The van der Waals surface area contributed by atoms with Crippen molar-refractivity contribution in [3.63, 3.8) is 0 Å². The minimum absolute atomic E-state index is 0.149. The van der Waals surface area contributed by atoms with Gasteiger partial charge in [0.15, 0.2) is 0 Å². The first-order chi connectivity index (χ1) is 8.24. The van der Waals surface area contributed by atoms with Gasteiger partial charge in [0.2, 0.25) is 5.91 Å². The maximum atomic E-state index is 12.7. The van der Waals surface area contributed by atoms with Crippen molar-refractivity contribution in [3.8, 4) is 0 Å². The number of hydrogen-bond acceptors (Lipinski definition) is 2. The lowest BCUT2D eigenvalue weighted by Crippen LogP contribution is -2.14. The third-order valence-corrected chi connectivity index (χ3v) is 2.22. The molecular formula is C13H11FN2O. The van der Waals surface area contributed by atoms with Crippen molar-refractivity contribution in [2.45, 2.75) is 6.42 Å². The second-order valence-corrected chi connectivity index (χ2v) is 3.59. The van der Waals surface area contributed by atoms with Crippen LogP contribution >= 0.6 is 0 Å². The molecule has 0 fully saturated rings. The zero-order valence-corrected chi connectivity index (χ0v) is 9.06. The number of nitrogens with zero attached hydrogens (tertiary/aromatic N) is 1. The lowest BCUT2D eigenvalue weighted by Gasteiger charge is -2.04. The highest BCUT2D eigenvalue weighted by molar-refractivity contribution is 5.92. The molecule has 1 heterocycles. The lowest BCUT2D eigenvalue weighted by atomic mass is 10.1. The van der Waals surface area contributed by atoms with Crippen LogP contribution in [-0.2, 0) is 11.2 Å². The molecule has 1 N–H and O–H groups in total. The largest absolute Gasteiger partial charge is 0.324 e. The van der Waals surface area contributed by atoms with Crippen molar-refractivity contribution in [3.05, 3.63) is 60.2 Å². The van der Waals surface area contributed by atoms with E-state index in [1.807, 2.05) is 0 Å². The standard InChI is InChI=1S/C13H11FN2O/c14-11-5-3-10(4-6-11)8-13(17)16-12-2-1-7-15-9-12/h1-7,9H,8H2,(H,16,17). The molecule has 0 radical (unpaired) electrons. The summed E-state index contributed by atoms with van der Waals surface area (Å²) < 4.78 is 12.7. The molecule has 2 aromatic rings. The van der Waals surface area contributed by atoms with Gasteiger partial charge >= 0.3 is 0 Å². The van der Waals surface area contributed by atoms with E-state index in [-0.39, 0.29) is 18.1 Å². The normalized spacial score (nSPS) is 9.94. The topological polar surface area (TPSA) is 42.0 Å². The van der Waals surface area contributed by atoms with Crippen LogP contribution in [0, 0.1) is 5.82 Å². The Labute approximate surface area is 98.3 Å². The van der Waals surface area contributed by atoms with E-state index in [0.29, 0.717) is 5.69 Å². The fourth-order valence-electron chi connectivity index (χ4n) is 1.43. The highest BCUT2D eigenvalue weighted by Gasteiger charge is 2.03. The summed E-state index contributed by atoms with van der Waals surface area (Å²) in [5.74, 6) is -0.453.